The van der Waals surface area contributed by atoms with Gasteiger partial charge in [0, 0.05) is 37.6 Å². The van der Waals surface area contributed by atoms with Crippen LogP contribution in [0.15, 0.2) is 30.6 Å². The van der Waals surface area contributed by atoms with Crippen LogP contribution in [0, 0.1) is 6.92 Å². The topological polar surface area (TPSA) is 70.9 Å². The molecule has 0 spiro atoms. The smallest absolute Gasteiger partial charge is 0.160 e. The first-order valence-corrected chi connectivity index (χ1v) is 6.33. The molecule has 0 aromatic carbocycles. The summed E-state index contributed by atoms with van der Waals surface area (Å²) < 4.78 is 2.02. The van der Waals surface area contributed by atoms with E-state index < -0.39 is 0 Å². The monoisotopic (exact) mass is 256 g/mol. The van der Waals surface area contributed by atoms with Gasteiger partial charge in [-0.2, -0.15) is 0 Å². The SMILES string of the molecule is Cc1ncc(CNCCc2nnc3ccccn23)[nH]1. The van der Waals surface area contributed by atoms with E-state index in [1.807, 2.05) is 41.9 Å². The minimum atomic E-state index is 0.789. The summed E-state index contributed by atoms with van der Waals surface area (Å²) in [6, 6.07) is 5.91. The van der Waals surface area contributed by atoms with Crippen LogP contribution in [0.4, 0.5) is 0 Å². The number of aromatic amines is 1. The Morgan fingerprint density at radius 1 is 1.32 bits per heavy atom. The van der Waals surface area contributed by atoms with Crippen molar-refractivity contribution >= 4 is 5.65 Å². The van der Waals surface area contributed by atoms with E-state index in [0.717, 1.165) is 42.5 Å². The van der Waals surface area contributed by atoms with Crippen LogP contribution in [0.1, 0.15) is 17.3 Å². The molecule has 3 rings (SSSR count). The first-order chi connectivity index (χ1) is 9.33. The Morgan fingerprint density at radius 2 is 2.26 bits per heavy atom. The van der Waals surface area contributed by atoms with Gasteiger partial charge in [-0.15, -0.1) is 10.2 Å². The van der Waals surface area contributed by atoms with Crippen LogP contribution in [0.3, 0.4) is 0 Å². The molecule has 0 aliphatic heterocycles. The first-order valence-electron chi connectivity index (χ1n) is 6.33. The number of nitrogens with one attached hydrogen (secondary N) is 2. The van der Waals surface area contributed by atoms with Gasteiger partial charge in [0.2, 0.25) is 0 Å². The van der Waals surface area contributed by atoms with Crippen LogP contribution in [0.5, 0.6) is 0 Å². The number of aryl methyl sites for hydroxylation is 1. The minimum Gasteiger partial charge on any atom is -0.345 e. The highest BCUT2D eigenvalue weighted by Crippen LogP contribution is 2.03. The van der Waals surface area contributed by atoms with Crippen LogP contribution in [0.2, 0.25) is 0 Å². The zero-order valence-electron chi connectivity index (χ0n) is 10.8. The minimum absolute atomic E-state index is 0.789. The zero-order valence-corrected chi connectivity index (χ0v) is 10.8. The molecule has 3 heterocycles. The standard InChI is InChI=1S/C13H16N6/c1-10-15-9-11(16-10)8-14-6-5-13-18-17-12-4-2-3-7-19(12)13/h2-4,7,9,14H,5-6,8H2,1H3,(H,15,16). The fourth-order valence-electron chi connectivity index (χ4n) is 2.05. The van der Waals surface area contributed by atoms with E-state index in [0.29, 0.717) is 0 Å². The maximum absolute atomic E-state index is 4.20. The number of aromatic nitrogens is 5. The Balaban J connectivity index is 1.55. The van der Waals surface area contributed by atoms with Gasteiger partial charge in [0.15, 0.2) is 5.65 Å². The number of hydrogen-bond acceptors (Lipinski definition) is 4. The summed E-state index contributed by atoms with van der Waals surface area (Å²) in [5, 5.41) is 11.7. The quantitative estimate of drug-likeness (QED) is 0.670. The molecule has 0 unspecified atom stereocenters. The highest BCUT2D eigenvalue weighted by Gasteiger charge is 2.03. The second kappa shape index (κ2) is 5.19. The fraction of sp³-hybridized carbons (Fsp3) is 0.308. The molecule has 0 radical (unpaired) electrons. The summed E-state index contributed by atoms with van der Waals surface area (Å²) in [4.78, 5) is 7.36. The Morgan fingerprint density at radius 3 is 3.11 bits per heavy atom. The van der Waals surface area contributed by atoms with E-state index in [1.165, 1.54) is 0 Å². The van der Waals surface area contributed by atoms with Crippen molar-refractivity contribution in [2.75, 3.05) is 6.54 Å². The van der Waals surface area contributed by atoms with Crippen LogP contribution in [-0.2, 0) is 13.0 Å². The molecule has 0 aliphatic carbocycles. The number of hydrogen-bond donors (Lipinski definition) is 2. The van der Waals surface area contributed by atoms with Gasteiger partial charge in [-0.3, -0.25) is 4.40 Å². The Bertz CT molecular complexity index is 668. The van der Waals surface area contributed by atoms with E-state index in [9.17, 15) is 0 Å². The molecule has 98 valence electrons. The molecule has 0 atom stereocenters. The number of H-pyrrole nitrogens is 1. The average Bonchev–Trinajstić information content (AvgIpc) is 3.02. The molecule has 0 fully saturated rings. The van der Waals surface area contributed by atoms with E-state index in [4.69, 9.17) is 0 Å². The normalized spacial score (nSPS) is 11.2. The molecular formula is C13H16N6. The van der Waals surface area contributed by atoms with Gasteiger partial charge in [0.25, 0.3) is 0 Å². The van der Waals surface area contributed by atoms with Gasteiger partial charge < -0.3 is 10.3 Å². The van der Waals surface area contributed by atoms with Gasteiger partial charge in [-0.05, 0) is 19.1 Å². The molecule has 0 saturated heterocycles. The number of imidazole rings is 1. The number of pyridine rings is 1. The van der Waals surface area contributed by atoms with Crippen LogP contribution < -0.4 is 5.32 Å². The van der Waals surface area contributed by atoms with Gasteiger partial charge in [-0.25, -0.2) is 4.98 Å². The molecule has 3 aromatic heterocycles. The van der Waals surface area contributed by atoms with E-state index in [1.54, 1.807) is 0 Å². The maximum Gasteiger partial charge on any atom is 0.160 e. The van der Waals surface area contributed by atoms with Gasteiger partial charge >= 0.3 is 0 Å². The third-order valence-corrected chi connectivity index (χ3v) is 2.98. The molecule has 6 heteroatoms. The Labute approximate surface area is 110 Å². The van der Waals surface area contributed by atoms with Gasteiger partial charge in [-0.1, -0.05) is 6.07 Å². The summed E-state index contributed by atoms with van der Waals surface area (Å²) in [6.07, 6.45) is 4.69. The van der Waals surface area contributed by atoms with Crippen molar-refractivity contribution in [3.63, 3.8) is 0 Å². The lowest BCUT2D eigenvalue weighted by Crippen LogP contribution is -2.18. The summed E-state index contributed by atoms with van der Waals surface area (Å²) in [7, 11) is 0. The van der Waals surface area contributed by atoms with Crippen LogP contribution >= 0.6 is 0 Å². The van der Waals surface area contributed by atoms with Gasteiger partial charge in [0.05, 0.1) is 0 Å². The fourth-order valence-corrected chi connectivity index (χ4v) is 2.05. The van der Waals surface area contributed by atoms with Crippen LogP contribution in [-0.4, -0.2) is 31.1 Å². The second-order valence-electron chi connectivity index (χ2n) is 4.47. The van der Waals surface area contributed by atoms with Crippen molar-refractivity contribution in [3.05, 3.63) is 47.9 Å². The van der Waals surface area contributed by atoms with E-state index in [-0.39, 0.29) is 0 Å². The predicted octanol–water partition coefficient (Wildman–Crippen LogP) is 1.09. The average molecular weight is 256 g/mol. The maximum atomic E-state index is 4.20. The number of rotatable bonds is 5. The molecular weight excluding hydrogens is 240 g/mol. The summed E-state index contributed by atoms with van der Waals surface area (Å²) in [5.74, 6) is 1.92. The molecule has 6 nitrogen and oxygen atoms in total. The van der Waals surface area contributed by atoms with Crippen molar-refractivity contribution in [2.45, 2.75) is 19.9 Å². The molecule has 19 heavy (non-hydrogen) atoms. The third-order valence-electron chi connectivity index (χ3n) is 2.98. The van der Waals surface area contributed by atoms with Crippen molar-refractivity contribution in [1.82, 2.24) is 29.9 Å². The molecule has 0 aliphatic rings. The molecule has 2 N–H and O–H groups in total. The van der Waals surface area contributed by atoms with Crippen molar-refractivity contribution < 1.29 is 0 Å². The third kappa shape index (κ3) is 2.63. The molecule has 3 aromatic rings. The van der Waals surface area contributed by atoms with Gasteiger partial charge in [0.1, 0.15) is 11.6 Å². The lowest BCUT2D eigenvalue weighted by molar-refractivity contribution is 0.658. The second-order valence-corrected chi connectivity index (χ2v) is 4.47. The summed E-state index contributed by atoms with van der Waals surface area (Å²) in [6.45, 7) is 3.59. The lowest BCUT2D eigenvalue weighted by atomic mass is 10.3. The van der Waals surface area contributed by atoms with Crippen molar-refractivity contribution in [3.8, 4) is 0 Å². The van der Waals surface area contributed by atoms with E-state index in [2.05, 4.69) is 25.5 Å². The van der Waals surface area contributed by atoms with Crippen molar-refractivity contribution in [1.29, 1.82) is 0 Å². The highest BCUT2D eigenvalue weighted by molar-refractivity contribution is 5.36. The van der Waals surface area contributed by atoms with E-state index >= 15 is 0 Å². The first kappa shape index (κ1) is 11.9. The Hall–Kier alpha value is -2.21. The molecule has 0 amide bonds. The molecule has 0 saturated carbocycles. The lowest BCUT2D eigenvalue weighted by Gasteiger charge is -2.02. The zero-order chi connectivity index (χ0) is 13.1. The summed E-state index contributed by atoms with van der Waals surface area (Å²) >= 11 is 0. The number of fused-ring (bicyclic) bond motifs is 1. The predicted molar refractivity (Wildman–Crippen MR) is 71.7 cm³/mol. The number of nitrogens with zero attached hydrogens (tertiary/aromatic N) is 4. The molecule has 0 bridgehead atoms. The van der Waals surface area contributed by atoms with Crippen LogP contribution in [0.25, 0.3) is 5.65 Å². The highest BCUT2D eigenvalue weighted by atomic mass is 15.2. The summed E-state index contributed by atoms with van der Waals surface area (Å²) in [5.41, 5.74) is 1.99. The largest absolute Gasteiger partial charge is 0.345 e. The van der Waals surface area contributed by atoms with Crippen molar-refractivity contribution in [2.24, 2.45) is 0 Å². The Kier molecular flexibility index (Phi) is 3.24.